The van der Waals surface area contributed by atoms with Crippen molar-refractivity contribution in [1.82, 2.24) is 0 Å². The largest absolute Gasteiger partial charge is 0.103 e. The van der Waals surface area contributed by atoms with Crippen LogP contribution in [0.15, 0.2) is 50.1 Å². The third-order valence-corrected chi connectivity index (χ3v) is 2.58. The molecule has 0 bridgehead atoms. The van der Waals surface area contributed by atoms with E-state index in [0.717, 1.165) is 6.42 Å². The van der Waals surface area contributed by atoms with E-state index in [1.54, 1.807) is 0 Å². The van der Waals surface area contributed by atoms with Crippen molar-refractivity contribution in [2.45, 2.75) is 64.7 Å². The van der Waals surface area contributed by atoms with Gasteiger partial charge in [0.05, 0.1) is 0 Å². The fraction of sp³-hybridized carbons (Fsp3) is 0.556. The number of allylic oxidation sites excluding steroid dienone is 5. The lowest BCUT2D eigenvalue weighted by atomic mass is 10.1. The van der Waals surface area contributed by atoms with Crippen molar-refractivity contribution in [2.24, 2.45) is 0 Å². The molecule has 0 aliphatic rings. The number of hydrogen-bond donors (Lipinski definition) is 0. The zero-order valence-electron chi connectivity index (χ0n) is 12.4. The Labute approximate surface area is 115 Å². The SMILES string of the molecule is C=CCCC/C=C/C.C=CCCCCCCC=C. The summed E-state index contributed by atoms with van der Waals surface area (Å²) in [5, 5.41) is 0. The first-order chi connectivity index (χ1) is 8.83. The van der Waals surface area contributed by atoms with Crippen LogP contribution in [0.5, 0.6) is 0 Å². The third-order valence-electron chi connectivity index (χ3n) is 2.58. The molecule has 0 rings (SSSR count). The van der Waals surface area contributed by atoms with Crippen molar-refractivity contribution in [3.8, 4) is 0 Å². The second kappa shape index (κ2) is 21.3. The van der Waals surface area contributed by atoms with Gasteiger partial charge in [0.2, 0.25) is 0 Å². The van der Waals surface area contributed by atoms with Crippen LogP contribution in [-0.2, 0) is 0 Å². The van der Waals surface area contributed by atoms with E-state index >= 15 is 0 Å². The molecule has 0 aromatic heterocycles. The molecule has 0 spiro atoms. The van der Waals surface area contributed by atoms with Crippen LogP contribution in [0.25, 0.3) is 0 Å². The normalized spacial score (nSPS) is 9.61. The van der Waals surface area contributed by atoms with E-state index in [1.165, 1.54) is 51.4 Å². The Balaban J connectivity index is 0. The van der Waals surface area contributed by atoms with E-state index in [4.69, 9.17) is 0 Å². The lowest BCUT2D eigenvalue weighted by Crippen LogP contribution is -1.75. The molecule has 104 valence electrons. The summed E-state index contributed by atoms with van der Waals surface area (Å²) < 4.78 is 0. The van der Waals surface area contributed by atoms with Gasteiger partial charge >= 0.3 is 0 Å². The summed E-state index contributed by atoms with van der Waals surface area (Å²) in [5.74, 6) is 0. The van der Waals surface area contributed by atoms with Crippen LogP contribution >= 0.6 is 0 Å². The quantitative estimate of drug-likeness (QED) is 0.285. The maximum Gasteiger partial charge on any atom is -0.0348 e. The maximum absolute atomic E-state index is 3.68. The van der Waals surface area contributed by atoms with Crippen molar-refractivity contribution in [1.29, 1.82) is 0 Å². The van der Waals surface area contributed by atoms with Crippen LogP contribution in [-0.4, -0.2) is 0 Å². The molecule has 0 aliphatic carbocycles. The minimum atomic E-state index is 1.14. The molecule has 0 aliphatic heterocycles. The molecule has 0 aromatic carbocycles. The number of rotatable bonds is 11. The maximum atomic E-state index is 3.68. The molecule has 0 fully saturated rings. The Morgan fingerprint density at radius 2 is 1.06 bits per heavy atom. The monoisotopic (exact) mass is 248 g/mol. The van der Waals surface area contributed by atoms with E-state index in [1.807, 2.05) is 25.2 Å². The van der Waals surface area contributed by atoms with Gasteiger partial charge in [-0.25, -0.2) is 0 Å². The summed E-state index contributed by atoms with van der Waals surface area (Å²) in [7, 11) is 0. The van der Waals surface area contributed by atoms with Crippen molar-refractivity contribution in [2.75, 3.05) is 0 Å². The van der Waals surface area contributed by atoms with Gasteiger partial charge in [-0.05, 0) is 51.9 Å². The first kappa shape index (κ1) is 19.3. The molecule has 0 saturated carbocycles. The van der Waals surface area contributed by atoms with E-state index < -0.39 is 0 Å². The predicted molar refractivity (Wildman–Crippen MR) is 87.0 cm³/mol. The summed E-state index contributed by atoms with van der Waals surface area (Å²) in [6.07, 6.45) is 21.5. The predicted octanol–water partition coefficient (Wildman–Crippen LogP) is 6.62. The van der Waals surface area contributed by atoms with Gasteiger partial charge in [0.25, 0.3) is 0 Å². The van der Waals surface area contributed by atoms with Gasteiger partial charge in [0.15, 0.2) is 0 Å². The first-order valence-corrected chi connectivity index (χ1v) is 7.27. The molecule has 0 N–H and O–H groups in total. The average Bonchev–Trinajstić information content (AvgIpc) is 2.40. The molecule has 0 unspecified atom stereocenters. The van der Waals surface area contributed by atoms with Crippen LogP contribution in [0.3, 0.4) is 0 Å². The van der Waals surface area contributed by atoms with Crippen LogP contribution in [0.2, 0.25) is 0 Å². The van der Waals surface area contributed by atoms with E-state index in [-0.39, 0.29) is 0 Å². The third kappa shape index (κ3) is 24.3. The molecule has 0 aromatic rings. The van der Waals surface area contributed by atoms with Crippen molar-refractivity contribution in [3.63, 3.8) is 0 Å². The fourth-order valence-corrected chi connectivity index (χ4v) is 1.48. The molecule has 18 heavy (non-hydrogen) atoms. The number of hydrogen-bond acceptors (Lipinski definition) is 0. The van der Waals surface area contributed by atoms with Crippen LogP contribution in [0.1, 0.15) is 64.7 Å². The Hall–Kier alpha value is -1.04. The van der Waals surface area contributed by atoms with Crippen molar-refractivity contribution in [3.05, 3.63) is 50.1 Å². The van der Waals surface area contributed by atoms with Crippen LogP contribution in [0, 0.1) is 0 Å². The van der Waals surface area contributed by atoms with Gasteiger partial charge in [0, 0.05) is 0 Å². The Morgan fingerprint density at radius 3 is 1.44 bits per heavy atom. The van der Waals surface area contributed by atoms with Gasteiger partial charge in [-0.2, -0.15) is 0 Å². The Kier molecular flexibility index (Phi) is 22.8. The highest BCUT2D eigenvalue weighted by molar-refractivity contribution is 4.78. The van der Waals surface area contributed by atoms with Crippen LogP contribution in [0.4, 0.5) is 0 Å². The average molecular weight is 248 g/mol. The molecule has 0 nitrogen and oxygen atoms in total. The Bertz CT molecular complexity index is 186. The molecular formula is C18H32. The summed E-state index contributed by atoms with van der Waals surface area (Å²) in [5.41, 5.74) is 0. The first-order valence-electron chi connectivity index (χ1n) is 7.27. The van der Waals surface area contributed by atoms with Gasteiger partial charge in [0.1, 0.15) is 0 Å². The molecule has 0 heteroatoms. The summed E-state index contributed by atoms with van der Waals surface area (Å²) in [6, 6.07) is 0. The molecule has 0 amide bonds. The van der Waals surface area contributed by atoms with E-state index in [0.29, 0.717) is 0 Å². The van der Waals surface area contributed by atoms with Gasteiger partial charge in [-0.15, -0.1) is 19.7 Å². The Morgan fingerprint density at radius 1 is 0.611 bits per heavy atom. The minimum absolute atomic E-state index is 1.14. The van der Waals surface area contributed by atoms with Crippen molar-refractivity contribution < 1.29 is 0 Å². The van der Waals surface area contributed by atoms with Crippen molar-refractivity contribution >= 4 is 0 Å². The lowest BCUT2D eigenvalue weighted by Gasteiger charge is -1.95. The summed E-state index contributed by atoms with van der Waals surface area (Å²) in [4.78, 5) is 0. The second-order valence-electron chi connectivity index (χ2n) is 4.36. The molecule has 0 radical (unpaired) electrons. The highest BCUT2D eigenvalue weighted by Crippen LogP contribution is 2.05. The second-order valence-corrected chi connectivity index (χ2v) is 4.36. The van der Waals surface area contributed by atoms with E-state index in [2.05, 4.69) is 31.9 Å². The minimum Gasteiger partial charge on any atom is -0.103 e. The fourth-order valence-electron chi connectivity index (χ4n) is 1.48. The summed E-state index contributed by atoms with van der Waals surface area (Å²) in [6.45, 7) is 13.0. The highest BCUT2D eigenvalue weighted by Gasteiger charge is 1.85. The van der Waals surface area contributed by atoms with Gasteiger partial charge in [-0.3, -0.25) is 0 Å². The topological polar surface area (TPSA) is 0 Å². The smallest absolute Gasteiger partial charge is 0.0348 e. The zero-order valence-corrected chi connectivity index (χ0v) is 12.4. The lowest BCUT2D eigenvalue weighted by molar-refractivity contribution is 0.653. The zero-order chi connectivity index (χ0) is 13.9. The molecule has 0 atom stereocenters. The standard InChI is InChI=1S/C10H18.C8H14/c1-3-5-7-9-10-8-6-4-2;1-3-5-7-8-6-4-2/h3-4H,1-2,5-10H2;3-4,6H,1,5,7-8H2,2H3/b;6-4+. The van der Waals surface area contributed by atoms with Gasteiger partial charge in [-0.1, -0.05) is 43.2 Å². The molecule has 0 saturated heterocycles. The molecular weight excluding hydrogens is 216 g/mol. The molecule has 0 heterocycles. The van der Waals surface area contributed by atoms with Crippen LogP contribution < -0.4 is 0 Å². The number of unbranched alkanes of at least 4 members (excludes halogenated alkanes) is 7. The van der Waals surface area contributed by atoms with Gasteiger partial charge < -0.3 is 0 Å². The highest BCUT2D eigenvalue weighted by atomic mass is 13.9. The summed E-state index contributed by atoms with van der Waals surface area (Å²) >= 11 is 0. The van der Waals surface area contributed by atoms with E-state index in [9.17, 15) is 0 Å².